The number of carbonyl (C=O) groups is 2. The van der Waals surface area contributed by atoms with Gasteiger partial charge in [-0.15, -0.1) is 0 Å². The molecule has 0 atom stereocenters. The second-order valence-electron chi connectivity index (χ2n) is 3.47. The Labute approximate surface area is 94.6 Å². The fraction of sp³-hybridized carbons (Fsp3) is 0.200. The summed E-state index contributed by atoms with van der Waals surface area (Å²) in [6.45, 7) is 0.540. The lowest BCUT2D eigenvalue weighted by atomic mass is 10.1. The first kappa shape index (κ1) is 11.3. The Morgan fingerprint density at radius 3 is 2.59 bits per heavy atom. The Morgan fingerprint density at radius 1 is 1.35 bits per heavy atom. The molecule has 1 aromatic rings. The van der Waals surface area contributed by atoms with Crippen LogP contribution < -0.4 is 10.2 Å². The van der Waals surface area contributed by atoms with E-state index >= 15 is 0 Å². The zero-order valence-corrected chi connectivity index (χ0v) is 8.54. The molecule has 0 aliphatic carbocycles. The summed E-state index contributed by atoms with van der Waals surface area (Å²) in [5.74, 6) is -3.65. The van der Waals surface area contributed by atoms with E-state index in [4.69, 9.17) is 5.11 Å². The van der Waals surface area contributed by atoms with Gasteiger partial charge in [-0.1, -0.05) is 0 Å². The molecule has 1 aliphatic heterocycles. The Hall–Kier alpha value is -2.18. The first-order valence-electron chi connectivity index (χ1n) is 4.78. The van der Waals surface area contributed by atoms with Crippen molar-refractivity contribution < 1.29 is 23.5 Å². The van der Waals surface area contributed by atoms with Gasteiger partial charge in [0.15, 0.2) is 0 Å². The Morgan fingerprint density at radius 2 is 2.06 bits per heavy atom. The first-order chi connectivity index (χ1) is 8.00. The monoisotopic (exact) mass is 242 g/mol. The van der Waals surface area contributed by atoms with Gasteiger partial charge in [-0.2, -0.15) is 0 Å². The maximum absolute atomic E-state index is 13.5. The number of carbonyl (C=O) groups excluding carboxylic acids is 1. The second-order valence-corrected chi connectivity index (χ2v) is 3.47. The molecule has 1 saturated heterocycles. The lowest BCUT2D eigenvalue weighted by molar-refractivity contribution is 0.0691. The van der Waals surface area contributed by atoms with E-state index in [9.17, 15) is 18.4 Å². The number of carboxylic acids is 1. The molecule has 1 heterocycles. The third-order valence-electron chi connectivity index (χ3n) is 2.41. The van der Waals surface area contributed by atoms with E-state index in [-0.39, 0.29) is 12.2 Å². The van der Waals surface area contributed by atoms with Gasteiger partial charge in [-0.05, 0) is 6.07 Å². The van der Waals surface area contributed by atoms with Gasteiger partial charge in [0.2, 0.25) is 0 Å². The predicted molar refractivity (Wildman–Crippen MR) is 54.1 cm³/mol. The SMILES string of the molecule is O=C(O)c1cc(N2CCNC2=O)c(F)cc1F. The molecule has 7 heteroatoms. The van der Waals surface area contributed by atoms with Gasteiger partial charge < -0.3 is 10.4 Å². The van der Waals surface area contributed by atoms with E-state index in [0.29, 0.717) is 12.6 Å². The van der Waals surface area contributed by atoms with Gasteiger partial charge in [0.05, 0.1) is 11.3 Å². The summed E-state index contributed by atoms with van der Waals surface area (Å²) in [6.07, 6.45) is 0. The third-order valence-corrected chi connectivity index (χ3v) is 2.41. The molecule has 1 fully saturated rings. The van der Waals surface area contributed by atoms with Crippen molar-refractivity contribution in [1.82, 2.24) is 5.32 Å². The third kappa shape index (κ3) is 1.91. The molecule has 1 aromatic carbocycles. The van der Waals surface area contributed by atoms with Crippen molar-refractivity contribution in [3.05, 3.63) is 29.3 Å². The van der Waals surface area contributed by atoms with Crippen molar-refractivity contribution >= 4 is 17.7 Å². The number of aromatic carboxylic acids is 1. The average molecular weight is 242 g/mol. The summed E-state index contributed by atoms with van der Waals surface area (Å²) in [6, 6.07) is 0.745. The Kier molecular flexibility index (Phi) is 2.66. The van der Waals surface area contributed by atoms with Crippen LogP contribution in [0.15, 0.2) is 12.1 Å². The number of amides is 2. The number of benzene rings is 1. The number of halogens is 2. The van der Waals surface area contributed by atoms with Crippen LogP contribution in [0, 0.1) is 11.6 Å². The topological polar surface area (TPSA) is 69.6 Å². The highest BCUT2D eigenvalue weighted by Gasteiger charge is 2.26. The van der Waals surface area contributed by atoms with E-state index in [1.54, 1.807) is 0 Å². The molecule has 0 bridgehead atoms. The number of hydrogen-bond donors (Lipinski definition) is 2. The van der Waals surface area contributed by atoms with Gasteiger partial charge in [-0.25, -0.2) is 18.4 Å². The molecule has 17 heavy (non-hydrogen) atoms. The van der Waals surface area contributed by atoms with Crippen LogP contribution in [0.4, 0.5) is 19.3 Å². The number of rotatable bonds is 2. The van der Waals surface area contributed by atoms with Crippen molar-refractivity contribution in [3.8, 4) is 0 Å². The van der Waals surface area contributed by atoms with Crippen LogP contribution in [0.1, 0.15) is 10.4 Å². The van der Waals surface area contributed by atoms with E-state index in [1.807, 2.05) is 0 Å². The molecular weight excluding hydrogens is 234 g/mol. The smallest absolute Gasteiger partial charge is 0.338 e. The number of nitrogens with zero attached hydrogens (tertiary/aromatic N) is 1. The molecular formula is C10H8F2N2O3. The van der Waals surface area contributed by atoms with Crippen LogP contribution >= 0.6 is 0 Å². The number of urea groups is 1. The second kappa shape index (κ2) is 4.00. The minimum absolute atomic E-state index is 0.209. The molecule has 0 unspecified atom stereocenters. The van der Waals surface area contributed by atoms with Crippen LogP contribution in [0.5, 0.6) is 0 Å². The summed E-state index contributed by atoms with van der Waals surface area (Å²) in [5, 5.41) is 11.1. The van der Waals surface area contributed by atoms with Crippen molar-refractivity contribution in [2.75, 3.05) is 18.0 Å². The lowest BCUT2D eigenvalue weighted by Crippen LogP contribution is -2.28. The summed E-state index contributed by atoms with van der Waals surface area (Å²) in [5.41, 5.74) is -0.903. The highest BCUT2D eigenvalue weighted by atomic mass is 19.1. The maximum Gasteiger partial charge on any atom is 0.338 e. The molecule has 0 radical (unpaired) electrons. The van der Waals surface area contributed by atoms with Crippen LogP contribution in [-0.4, -0.2) is 30.2 Å². The van der Waals surface area contributed by atoms with Crippen molar-refractivity contribution in [1.29, 1.82) is 0 Å². The predicted octanol–water partition coefficient (Wildman–Crippen LogP) is 1.19. The molecule has 0 spiro atoms. The van der Waals surface area contributed by atoms with E-state index in [2.05, 4.69) is 5.32 Å². The number of anilines is 1. The van der Waals surface area contributed by atoms with Gasteiger partial charge >= 0.3 is 12.0 Å². The van der Waals surface area contributed by atoms with E-state index in [1.165, 1.54) is 0 Å². The van der Waals surface area contributed by atoms with Crippen LogP contribution in [0.2, 0.25) is 0 Å². The first-order valence-corrected chi connectivity index (χ1v) is 4.78. The summed E-state index contributed by atoms with van der Waals surface area (Å²) >= 11 is 0. The lowest BCUT2D eigenvalue weighted by Gasteiger charge is -2.15. The summed E-state index contributed by atoms with van der Waals surface area (Å²) in [7, 11) is 0. The molecule has 5 nitrogen and oxygen atoms in total. The average Bonchev–Trinajstić information content (AvgIpc) is 2.64. The van der Waals surface area contributed by atoms with Crippen LogP contribution in [0.25, 0.3) is 0 Å². The molecule has 90 valence electrons. The largest absolute Gasteiger partial charge is 0.478 e. The molecule has 2 amide bonds. The maximum atomic E-state index is 13.5. The zero-order valence-electron chi connectivity index (χ0n) is 8.54. The summed E-state index contributed by atoms with van der Waals surface area (Å²) in [4.78, 5) is 23.0. The number of hydrogen-bond acceptors (Lipinski definition) is 2. The minimum atomic E-state index is -1.51. The molecule has 0 saturated carbocycles. The van der Waals surface area contributed by atoms with E-state index in [0.717, 1.165) is 11.0 Å². The number of nitrogens with one attached hydrogen (secondary N) is 1. The Balaban J connectivity index is 2.50. The van der Waals surface area contributed by atoms with Crippen molar-refractivity contribution in [2.45, 2.75) is 0 Å². The standard InChI is InChI=1S/C10H8F2N2O3/c11-6-4-7(12)8(3-5(6)9(15)16)14-2-1-13-10(14)17/h3-4H,1-2H2,(H,13,17)(H,15,16). The van der Waals surface area contributed by atoms with Crippen molar-refractivity contribution in [3.63, 3.8) is 0 Å². The fourth-order valence-electron chi connectivity index (χ4n) is 1.61. The van der Waals surface area contributed by atoms with Gasteiger partial charge in [0.25, 0.3) is 0 Å². The zero-order chi connectivity index (χ0) is 12.6. The quantitative estimate of drug-likeness (QED) is 0.818. The van der Waals surface area contributed by atoms with Gasteiger partial charge in [0, 0.05) is 19.2 Å². The molecule has 2 rings (SSSR count). The van der Waals surface area contributed by atoms with Crippen molar-refractivity contribution in [2.24, 2.45) is 0 Å². The highest BCUT2D eigenvalue weighted by molar-refractivity contribution is 5.96. The van der Waals surface area contributed by atoms with Gasteiger partial charge in [0.1, 0.15) is 11.6 Å². The molecule has 1 aliphatic rings. The van der Waals surface area contributed by atoms with Crippen LogP contribution in [-0.2, 0) is 0 Å². The number of carboxylic acid groups (broad SMARTS) is 1. The normalized spacial score (nSPS) is 14.9. The molecule has 2 N–H and O–H groups in total. The summed E-state index contributed by atoms with van der Waals surface area (Å²) < 4.78 is 26.6. The minimum Gasteiger partial charge on any atom is -0.478 e. The van der Waals surface area contributed by atoms with Crippen LogP contribution in [0.3, 0.4) is 0 Å². The fourth-order valence-corrected chi connectivity index (χ4v) is 1.61. The highest BCUT2D eigenvalue weighted by Crippen LogP contribution is 2.24. The Bertz CT molecular complexity index is 505. The van der Waals surface area contributed by atoms with E-state index < -0.39 is 29.2 Å². The molecule has 0 aromatic heterocycles. The van der Waals surface area contributed by atoms with Gasteiger partial charge in [-0.3, -0.25) is 4.90 Å².